The van der Waals surface area contributed by atoms with Crippen LogP contribution in [0.25, 0.3) is 11.0 Å². The lowest BCUT2D eigenvalue weighted by Crippen LogP contribution is -2.27. The molecule has 5 rings (SSSR count). The van der Waals surface area contributed by atoms with Crippen molar-refractivity contribution in [3.8, 4) is 0 Å². The van der Waals surface area contributed by atoms with E-state index in [1.165, 1.54) is 44.2 Å². The van der Waals surface area contributed by atoms with Crippen molar-refractivity contribution in [2.75, 3.05) is 23.3 Å². The molecule has 0 radical (unpaired) electrons. The quantitative estimate of drug-likeness (QED) is 0.612. The Morgan fingerprint density at radius 3 is 2.47 bits per heavy atom. The van der Waals surface area contributed by atoms with E-state index in [-0.39, 0.29) is 11.6 Å². The normalized spacial score (nSPS) is 17.6. The van der Waals surface area contributed by atoms with Crippen molar-refractivity contribution in [2.45, 2.75) is 70.8 Å². The van der Waals surface area contributed by atoms with Gasteiger partial charge in [-0.05, 0) is 50.3 Å². The van der Waals surface area contributed by atoms with E-state index in [1.54, 1.807) is 0 Å². The molecule has 0 aromatic carbocycles. The Morgan fingerprint density at radius 2 is 1.78 bits per heavy atom. The van der Waals surface area contributed by atoms with Crippen molar-refractivity contribution in [1.29, 1.82) is 0 Å². The van der Waals surface area contributed by atoms with Gasteiger partial charge in [0.05, 0.1) is 11.9 Å². The van der Waals surface area contributed by atoms with Crippen molar-refractivity contribution in [2.24, 2.45) is 0 Å². The zero-order chi connectivity index (χ0) is 21.9. The van der Waals surface area contributed by atoms with Gasteiger partial charge in [0.15, 0.2) is 0 Å². The molecular formula is C25H32N6O. The van der Waals surface area contributed by atoms with Crippen LogP contribution in [-0.2, 0) is 6.42 Å². The molecular weight excluding hydrogens is 400 g/mol. The molecule has 7 heteroatoms. The Labute approximate surface area is 188 Å². The van der Waals surface area contributed by atoms with Crippen molar-refractivity contribution in [3.63, 3.8) is 0 Å². The van der Waals surface area contributed by atoms with Gasteiger partial charge in [0, 0.05) is 36.3 Å². The molecule has 4 heterocycles. The lowest BCUT2D eigenvalue weighted by atomic mass is 10.1. The van der Waals surface area contributed by atoms with Crippen LogP contribution in [0.15, 0.2) is 35.4 Å². The molecule has 3 aromatic rings. The van der Waals surface area contributed by atoms with Gasteiger partial charge in [-0.3, -0.25) is 9.36 Å². The molecule has 1 saturated heterocycles. The molecule has 168 valence electrons. The number of anilines is 3. The van der Waals surface area contributed by atoms with E-state index < -0.39 is 0 Å². The first-order chi connectivity index (χ1) is 15.7. The minimum atomic E-state index is 0.0940. The summed E-state index contributed by atoms with van der Waals surface area (Å²) in [4.78, 5) is 29.4. The van der Waals surface area contributed by atoms with E-state index in [2.05, 4.69) is 26.3 Å². The summed E-state index contributed by atoms with van der Waals surface area (Å²) in [5.74, 6) is 1.19. The third-order valence-corrected chi connectivity index (χ3v) is 6.88. The second-order valence-electron chi connectivity index (χ2n) is 9.04. The fraction of sp³-hybridized carbons (Fsp3) is 0.520. The van der Waals surface area contributed by atoms with Crippen LogP contribution in [0.3, 0.4) is 0 Å². The molecule has 1 aliphatic heterocycles. The van der Waals surface area contributed by atoms with Crippen LogP contribution in [0.1, 0.15) is 69.9 Å². The smallest absolute Gasteiger partial charge is 0.255 e. The van der Waals surface area contributed by atoms with E-state index in [0.29, 0.717) is 11.8 Å². The summed E-state index contributed by atoms with van der Waals surface area (Å²) >= 11 is 0. The van der Waals surface area contributed by atoms with Gasteiger partial charge in [0.1, 0.15) is 11.5 Å². The van der Waals surface area contributed by atoms with Gasteiger partial charge >= 0.3 is 0 Å². The first kappa shape index (κ1) is 20.9. The summed E-state index contributed by atoms with van der Waals surface area (Å²) in [7, 11) is 0. The minimum Gasteiger partial charge on any atom is -0.370 e. The fourth-order valence-corrected chi connectivity index (χ4v) is 5.08. The molecule has 1 N–H and O–H groups in total. The number of nitrogens with zero attached hydrogens (tertiary/aromatic N) is 5. The van der Waals surface area contributed by atoms with E-state index >= 15 is 0 Å². The number of nitrogens with one attached hydrogen (secondary N) is 1. The molecule has 0 spiro atoms. The highest BCUT2D eigenvalue weighted by Gasteiger charge is 2.22. The average molecular weight is 433 g/mol. The molecule has 1 aliphatic carbocycles. The van der Waals surface area contributed by atoms with E-state index in [9.17, 15) is 4.79 Å². The van der Waals surface area contributed by atoms with Gasteiger partial charge in [0.2, 0.25) is 5.95 Å². The van der Waals surface area contributed by atoms with Crippen LogP contribution < -0.4 is 15.8 Å². The number of hydrogen-bond acceptors (Lipinski definition) is 6. The van der Waals surface area contributed by atoms with E-state index in [0.717, 1.165) is 48.9 Å². The molecule has 0 unspecified atom stereocenters. The lowest BCUT2D eigenvalue weighted by molar-refractivity contribution is 0.513. The Hall–Kier alpha value is -2.96. The number of rotatable bonds is 5. The number of aryl methyl sites for hydroxylation is 1. The first-order valence-corrected chi connectivity index (χ1v) is 12.1. The standard InChI is InChI=1S/C25H32N6O/c1-2-18-15-19-16-27-25(29-23(19)31(24(18)32)20-9-5-6-10-20)28-22-12-11-21(17-26-22)30-13-7-3-4-8-14-30/h11-12,15-17,20H,2-10,13-14H2,1H3,(H,26,27,28,29). The monoisotopic (exact) mass is 432 g/mol. The van der Waals surface area contributed by atoms with E-state index in [4.69, 9.17) is 4.98 Å². The number of pyridine rings is 2. The highest BCUT2D eigenvalue weighted by Crippen LogP contribution is 2.31. The average Bonchev–Trinajstić information content (AvgIpc) is 3.20. The summed E-state index contributed by atoms with van der Waals surface area (Å²) in [5.41, 5.74) is 2.81. The molecule has 0 bridgehead atoms. The number of aromatic nitrogens is 4. The third kappa shape index (κ3) is 4.20. The maximum atomic E-state index is 13.1. The molecule has 2 fully saturated rings. The summed E-state index contributed by atoms with van der Waals surface area (Å²) < 4.78 is 1.92. The zero-order valence-corrected chi connectivity index (χ0v) is 18.9. The van der Waals surface area contributed by atoms with Gasteiger partial charge in [-0.25, -0.2) is 9.97 Å². The van der Waals surface area contributed by atoms with Crippen molar-refractivity contribution in [1.82, 2.24) is 19.5 Å². The maximum Gasteiger partial charge on any atom is 0.255 e. The van der Waals surface area contributed by atoms with E-state index in [1.807, 2.05) is 36.0 Å². The molecule has 0 atom stereocenters. The molecule has 2 aliphatic rings. The Bertz CT molecular complexity index is 1130. The molecule has 7 nitrogen and oxygen atoms in total. The topological polar surface area (TPSA) is 75.9 Å². The zero-order valence-electron chi connectivity index (χ0n) is 18.9. The highest BCUT2D eigenvalue weighted by molar-refractivity contribution is 5.76. The maximum absolute atomic E-state index is 13.1. The number of hydrogen-bond donors (Lipinski definition) is 1. The molecule has 0 amide bonds. The van der Waals surface area contributed by atoms with Gasteiger partial charge in [0.25, 0.3) is 5.56 Å². The molecule has 1 saturated carbocycles. The second-order valence-corrected chi connectivity index (χ2v) is 9.04. The lowest BCUT2D eigenvalue weighted by Gasteiger charge is -2.22. The van der Waals surface area contributed by atoms with Crippen molar-refractivity contribution in [3.05, 3.63) is 46.5 Å². The van der Waals surface area contributed by atoms with Crippen molar-refractivity contribution < 1.29 is 0 Å². The fourth-order valence-electron chi connectivity index (χ4n) is 5.08. The van der Waals surface area contributed by atoms with Crippen LogP contribution in [-0.4, -0.2) is 32.6 Å². The summed E-state index contributed by atoms with van der Waals surface area (Å²) in [5, 5.41) is 4.16. The van der Waals surface area contributed by atoms with Crippen LogP contribution in [0.4, 0.5) is 17.5 Å². The number of fused-ring (bicyclic) bond motifs is 1. The largest absolute Gasteiger partial charge is 0.370 e. The predicted molar refractivity (Wildman–Crippen MR) is 129 cm³/mol. The Kier molecular flexibility index (Phi) is 6.06. The summed E-state index contributed by atoms with van der Waals surface area (Å²) in [6, 6.07) is 6.27. The van der Waals surface area contributed by atoms with Gasteiger partial charge in [-0.2, -0.15) is 4.98 Å². The van der Waals surface area contributed by atoms with Crippen LogP contribution >= 0.6 is 0 Å². The first-order valence-electron chi connectivity index (χ1n) is 12.1. The highest BCUT2D eigenvalue weighted by atomic mass is 16.1. The van der Waals surface area contributed by atoms with Crippen molar-refractivity contribution >= 4 is 28.5 Å². The summed E-state index contributed by atoms with van der Waals surface area (Å²) in [6.45, 7) is 4.22. The predicted octanol–water partition coefficient (Wildman–Crippen LogP) is 4.99. The molecule has 32 heavy (non-hydrogen) atoms. The second kappa shape index (κ2) is 9.27. The third-order valence-electron chi connectivity index (χ3n) is 6.88. The van der Waals surface area contributed by atoms with Gasteiger partial charge in [-0.1, -0.05) is 32.6 Å². The Morgan fingerprint density at radius 1 is 1.00 bits per heavy atom. The SMILES string of the molecule is CCc1cc2cnc(Nc3ccc(N4CCCCCC4)cn3)nc2n(C2CCCC2)c1=O. The van der Waals surface area contributed by atoms with Gasteiger partial charge in [-0.15, -0.1) is 0 Å². The minimum absolute atomic E-state index is 0.0940. The van der Waals surface area contributed by atoms with Gasteiger partial charge < -0.3 is 10.2 Å². The molecule has 3 aromatic heterocycles. The van der Waals surface area contributed by atoms with Crippen LogP contribution in [0, 0.1) is 0 Å². The van der Waals surface area contributed by atoms with Crippen LogP contribution in [0.2, 0.25) is 0 Å². The Balaban J connectivity index is 1.43. The van der Waals surface area contributed by atoms with Crippen LogP contribution in [0.5, 0.6) is 0 Å². The summed E-state index contributed by atoms with van der Waals surface area (Å²) in [6.07, 6.45) is 14.0.